The molecule has 1 unspecified atom stereocenters. The number of halogens is 5. The van der Waals surface area contributed by atoms with Gasteiger partial charge in [-0.3, -0.25) is 4.79 Å². The predicted octanol–water partition coefficient (Wildman–Crippen LogP) is 5.29. The maximum Gasteiger partial charge on any atom is 0.417 e. The highest BCUT2D eigenvalue weighted by Crippen LogP contribution is 2.42. The fraction of sp³-hybridized carbons (Fsp3) is 0.368. The van der Waals surface area contributed by atoms with Crippen LogP contribution in [-0.2, 0) is 6.18 Å². The first-order valence-corrected chi connectivity index (χ1v) is 9.80. The molecule has 1 amide bonds. The van der Waals surface area contributed by atoms with Crippen molar-refractivity contribution in [3.63, 3.8) is 0 Å². The van der Waals surface area contributed by atoms with Gasteiger partial charge in [0, 0.05) is 10.7 Å². The summed E-state index contributed by atoms with van der Waals surface area (Å²) in [6, 6.07) is 6.94. The van der Waals surface area contributed by atoms with Crippen LogP contribution in [0.4, 0.5) is 13.2 Å². The van der Waals surface area contributed by atoms with Gasteiger partial charge in [-0.25, -0.2) is 4.98 Å². The second kappa shape index (κ2) is 8.00. The van der Waals surface area contributed by atoms with Crippen LogP contribution in [-0.4, -0.2) is 21.6 Å². The lowest BCUT2D eigenvalue weighted by molar-refractivity contribution is -0.137. The average Bonchev–Trinajstić information content (AvgIpc) is 3.07. The molecule has 0 spiro atoms. The molecule has 1 aromatic heterocycles. The van der Waals surface area contributed by atoms with Crippen LogP contribution in [0.2, 0.25) is 5.02 Å². The Kier molecular flexibility index (Phi) is 6.03. The Hall–Kier alpha value is -1.64. The van der Waals surface area contributed by atoms with Gasteiger partial charge in [0.2, 0.25) is 0 Å². The van der Waals surface area contributed by atoms with E-state index >= 15 is 0 Å². The van der Waals surface area contributed by atoms with Gasteiger partial charge in [0.05, 0.1) is 22.2 Å². The lowest BCUT2D eigenvalue weighted by atomic mass is 9.87. The van der Waals surface area contributed by atoms with Gasteiger partial charge in [0.15, 0.2) is 0 Å². The normalized spacial score (nSPS) is 17.4. The van der Waals surface area contributed by atoms with E-state index in [1.807, 2.05) is 0 Å². The molecular weight excluding hydrogens is 461 g/mol. The lowest BCUT2D eigenvalue weighted by Gasteiger charge is -2.34. The van der Waals surface area contributed by atoms with E-state index in [0.29, 0.717) is 22.9 Å². The van der Waals surface area contributed by atoms with Gasteiger partial charge >= 0.3 is 6.18 Å². The highest BCUT2D eigenvalue weighted by molar-refractivity contribution is 9.10. The number of hydrogen-bond acceptors (Lipinski definition) is 3. The Morgan fingerprint density at radius 2 is 1.89 bits per heavy atom. The first-order chi connectivity index (χ1) is 13.1. The molecule has 0 saturated heterocycles. The minimum Gasteiger partial charge on any atom is -0.387 e. The minimum atomic E-state index is -4.71. The van der Waals surface area contributed by atoms with Crippen molar-refractivity contribution in [1.82, 2.24) is 10.3 Å². The van der Waals surface area contributed by atoms with Crippen LogP contribution in [0.1, 0.15) is 53.3 Å². The number of amides is 1. The Balaban J connectivity index is 1.98. The quantitative estimate of drug-likeness (QED) is 0.629. The number of hydrogen-bond donors (Lipinski definition) is 2. The molecule has 4 nitrogen and oxygen atoms in total. The van der Waals surface area contributed by atoms with Gasteiger partial charge in [0.1, 0.15) is 5.69 Å². The summed E-state index contributed by atoms with van der Waals surface area (Å²) in [6.07, 6.45) is -1.32. The van der Waals surface area contributed by atoms with Gasteiger partial charge in [-0.2, -0.15) is 13.2 Å². The molecule has 1 aliphatic carbocycles. The SMILES string of the molecule is O=C(NC(c1ccccc1Br)C1(O)CCCC1)c1nccc(C(F)(F)F)c1Cl. The number of carbonyl (C=O) groups is 1. The van der Waals surface area contributed by atoms with Crippen LogP contribution in [0.5, 0.6) is 0 Å². The largest absolute Gasteiger partial charge is 0.417 e. The van der Waals surface area contributed by atoms with Crippen LogP contribution in [0.15, 0.2) is 41.0 Å². The molecule has 1 fully saturated rings. The molecule has 9 heteroatoms. The molecule has 0 bridgehead atoms. The molecule has 1 aliphatic rings. The number of nitrogens with zero attached hydrogens (tertiary/aromatic N) is 1. The predicted molar refractivity (Wildman–Crippen MR) is 102 cm³/mol. The fourth-order valence-corrected chi connectivity index (χ4v) is 4.33. The number of nitrogens with one attached hydrogen (secondary N) is 1. The first kappa shape index (κ1) is 21.1. The van der Waals surface area contributed by atoms with Crippen LogP contribution in [0.3, 0.4) is 0 Å². The summed E-state index contributed by atoms with van der Waals surface area (Å²) in [7, 11) is 0. The third kappa shape index (κ3) is 4.18. The number of carbonyl (C=O) groups excluding carboxylic acids is 1. The summed E-state index contributed by atoms with van der Waals surface area (Å²) in [6.45, 7) is 0. The molecule has 1 saturated carbocycles. The Morgan fingerprint density at radius 1 is 1.25 bits per heavy atom. The van der Waals surface area contributed by atoms with Gasteiger partial charge in [-0.15, -0.1) is 0 Å². The number of pyridine rings is 1. The maximum absolute atomic E-state index is 13.1. The van der Waals surface area contributed by atoms with Crippen molar-refractivity contribution in [1.29, 1.82) is 0 Å². The third-order valence-corrected chi connectivity index (χ3v) is 6.01. The molecule has 0 radical (unpaired) electrons. The zero-order valence-electron chi connectivity index (χ0n) is 14.6. The first-order valence-electron chi connectivity index (χ1n) is 8.63. The number of benzene rings is 1. The van der Waals surface area contributed by atoms with Crippen LogP contribution >= 0.6 is 27.5 Å². The highest BCUT2D eigenvalue weighted by Gasteiger charge is 2.43. The van der Waals surface area contributed by atoms with Gasteiger partial charge < -0.3 is 10.4 Å². The van der Waals surface area contributed by atoms with Crippen molar-refractivity contribution in [2.24, 2.45) is 0 Å². The molecular formula is C19H17BrClF3N2O2. The fourth-order valence-electron chi connectivity index (χ4n) is 3.51. The van der Waals surface area contributed by atoms with Crippen molar-refractivity contribution in [3.8, 4) is 0 Å². The highest BCUT2D eigenvalue weighted by atomic mass is 79.9. The van der Waals surface area contributed by atoms with Crippen molar-refractivity contribution in [3.05, 3.63) is 62.8 Å². The lowest BCUT2D eigenvalue weighted by Crippen LogP contribution is -2.45. The van der Waals surface area contributed by atoms with Crippen molar-refractivity contribution < 1.29 is 23.1 Å². The molecule has 3 rings (SSSR count). The van der Waals surface area contributed by atoms with E-state index in [0.717, 1.165) is 25.1 Å². The van der Waals surface area contributed by atoms with E-state index in [4.69, 9.17) is 11.6 Å². The number of rotatable bonds is 4. The summed E-state index contributed by atoms with van der Waals surface area (Å²) in [5.74, 6) is -0.878. The molecule has 1 atom stereocenters. The van der Waals surface area contributed by atoms with Gasteiger partial charge in [0.25, 0.3) is 5.91 Å². The average molecular weight is 478 g/mol. The van der Waals surface area contributed by atoms with Crippen molar-refractivity contribution in [2.75, 3.05) is 0 Å². The molecule has 150 valence electrons. The second-order valence-corrected chi connectivity index (χ2v) is 7.99. The van der Waals surface area contributed by atoms with E-state index < -0.39 is 40.0 Å². The summed E-state index contributed by atoms with van der Waals surface area (Å²) in [5, 5.41) is 13.0. The van der Waals surface area contributed by atoms with E-state index in [2.05, 4.69) is 26.2 Å². The summed E-state index contributed by atoms with van der Waals surface area (Å²) in [5.41, 5.74) is -2.25. The Labute approximate surface area is 173 Å². The van der Waals surface area contributed by atoms with E-state index in [-0.39, 0.29) is 0 Å². The second-order valence-electron chi connectivity index (χ2n) is 6.76. The smallest absolute Gasteiger partial charge is 0.387 e. The summed E-state index contributed by atoms with van der Waals surface area (Å²) < 4.78 is 39.9. The van der Waals surface area contributed by atoms with Gasteiger partial charge in [-0.1, -0.05) is 58.6 Å². The van der Waals surface area contributed by atoms with E-state index in [9.17, 15) is 23.1 Å². The van der Waals surface area contributed by atoms with Crippen molar-refractivity contribution >= 4 is 33.4 Å². The van der Waals surface area contributed by atoms with Gasteiger partial charge in [-0.05, 0) is 30.5 Å². The standard InChI is InChI=1S/C19H17BrClF3N2O2/c20-13-6-2-1-5-11(13)16(18(28)8-3-4-9-18)26-17(27)15-14(21)12(7-10-25-15)19(22,23)24/h1-2,5-7,10,16,28H,3-4,8-9H2,(H,26,27). The van der Waals surface area contributed by atoms with Crippen molar-refractivity contribution in [2.45, 2.75) is 43.5 Å². The Bertz CT molecular complexity index is 886. The van der Waals surface area contributed by atoms with Crippen LogP contribution < -0.4 is 5.32 Å². The molecule has 28 heavy (non-hydrogen) atoms. The topological polar surface area (TPSA) is 62.2 Å². The molecule has 0 aliphatic heterocycles. The summed E-state index contributed by atoms with van der Waals surface area (Å²) >= 11 is 9.24. The zero-order chi connectivity index (χ0) is 20.5. The zero-order valence-corrected chi connectivity index (χ0v) is 16.9. The number of aliphatic hydroxyl groups is 1. The monoisotopic (exact) mass is 476 g/mol. The molecule has 1 heterocycles. The summed E-state index contributed by atoms with van der Waals surface area (Å²) in [4.78, 5) is 16.5. The van der Waals surface area contributed by atoms with Crippen LogP contribution in [0, 0.1) is 0 Å². The molecule has 2 aromatic rings. The number of aromatic nitrogens is 1. The Morgan fingerprint density at radius 3 is 2.50 bits per heavy atom. The molecule has 1 aromatic carbocycles. The van der Waals surface area contributed by atoms with Crippen LogP contribution in [0.25, 0.3) is 0 Å². The molecule has 2 N–H and O–H groups in total. The minimum absolute atomic E-state index is 0.461. The van der Waals surface area contributed by atoms with E-state index in [1.165, 1.54) is 0 Å². The van der Waals surface area contributed by atoms with E-state index in [1.54, 1.807) is 24.3 Å². The maximum atomic E-state index is 13.1. The number of alkyl halides is 3. The third-order valence-electron chi connectivity index (χ3n) is 4.91.